The van der Waals surface area contributed by atoms with Crippen molar-refractivity contribution in [3.8, 4) is 5.75 Å². The van der Waals surface area contributed by atoms with Gasteiger partial charge in [0, 0.05) is 31.5 Å². The lowest BCUT2D eigenvalue weighted by Crippen LogP contribution is -2.58. The van der Waals surface area contributed by atoms with Crippen LogP contribution in [-0.2, 0) is 9.53 Å². The molecule has 2 fully saturated rings. The molecule has 7 nitrogen and oxygen atoms in total. The number of methoxy groups -OCH3 is 1. The number of carboxylic acid groups (broad SMARTS) is 1. The number of carbonyl (C=O) groups excluding carboxylic acids is 1. The molecular weight excluding hydrogens is 336 g/mol. The third kappa shape index (κ3) is 3.41. The van der Waals surface area contributed by atoms with Crippen LogP contribution < -0.4 is 4.74 Å². The van der Waals surface area contributed by atoms with Crippen LogP contribution in [0.15, 0.2) is 24.3 Å². The average Bonchev–Trinajstić information content (AvgIpc) is 3.02. The Bertz CT molecular complexity index is 670. The van der Waals surface area contributed by atoms with Gasteiger partial charge in [0.1, 0.15) is 11.5 Å². The van der Waals surface area contributed by atoms with Crippen molar-refractivity contribution in [2.24, 2.45) is 0 Å². The molecule has 26 heavy (non-hydrogen) atoms. The second kappa shape index (κ2) is 7.63. The summed E-state index contributed by atoms with van der Waals surface area (Å²) < 4.78 is 11.2. The Kier molecular flexibility index (Phi) is 5.48. The average molecular weight is 362 g/mol. The van der Waals surface area contributed by atoms with Crippen LogP contribution in [-0.4, -0.2) is 71.9 Å². The molecule has 0 bridgehead atoms. The summed E-state index contributed by atoms with van der Waals surface area (Å²) in [5, 5.41) is 9.62. The van der Waals surface area contributed by atoms with E-state index in [1.807, 2.05) is 0 Å². The number of hydrogen-bond acceptors (Lipinski definition) is 5. The second-order valence-electron chi connectivity index (χ2n) is 6.86. The third-order valence-electron chi connectivity index (χ3n) is 5.26. The van der Waals surface area contributed by atoms with Crippen LogP contribution >= 0.6 is 0 Å². The number of likely N-dealkylation sites (tertiary alicyclic amines) is 1. The fourth-order valence-electron chi connectivity index (χ4n) is 3.89. The van der Waals surface area contributed by atoms with Gasteiger partial charge in [-0.15, -0.1) is 0 Å². The predicted octanol–water partition coefficient (Wildman–Crippen LogP) is 1.82. The van der Waals surface area contributed by atoms with E-state index in [0.717, 1.165) is 26.1 Å². The molecule has 2 aliphatic heterocycles. The number of aliphatic carboxylic acids is 1. The van der Waals surface area contributed by atoms with Gasteiger partial charge in [-0.1, -0.05) is 13.0 Å². The fraction of sp³-hybridized carbons (Fsp3) is 0.579. The summed E-state index contributed by atoms with van der Waals surface area (Å²) in [5.41, 5.74) is -0.426. The highest BCUT2D eigenvalue weighted by atomic mass is 16.5. The molecule has 1 amide bonds. The number of rotatable bonds is 5. The molecule has 1 aromatic rings. The highest BCUT2D eigenvalue weighted by Gasteiger charge is 2.53. The van der Waals surface area contributed by atoms with Crippen LogP contribution in [0, 0.1) is 0 Å². The largest absolute Gasteiger partial charge is 0.497 e. The highest BCUT2D eigenvalue weighted by Crippen LogP contribution is 2.38. The molecule has 3 rings (SSSR count). The lowest BCUT2D eigenvalue weighted by atomic mass is 9.96. The normalized spacial score (nSPS) is 22.5. The van der Waals surface area contributed by atoms with Crippen molar-refractivity contribution in [3.63, 3.8) is 0 Å². The van der Waals surface area contributed by atoms with E-state index in [0.29, 0.717) is 24.2 Å². The molecule has 2 heterocycles. The molecule has 0 aromatic heterocycles. The van der Waals surface area contributed by atoms with Crippen molar-refractivity contribution in [2.75, 3.05) is 33.4 Å². The molecule has 7 heteroatoms. The fourth-order valence-corrected chi connectivity index (χ4v) is 3.89. The zero-order valence-corrected chi connectivity index (χ0v) is 15.3. The number of amides is 1. The molecular formula is C19H26N2O5. The summed E-state index contributed by atoms with van der Waals surface area (Å²) in [7, 11) is 1.54. The van der Waals surface area contributed by atoms with E-state index in [4.69, 9.17) is 9.47 Å². The number of ether oxygens (including phenoxy) is 2. The monoisotopic (exact) mass is 362 g/mol. The summed E-state index contributed by atoms with van der Waals surface area (Å²) in [6, 6.07) is 5.84. The van der Waals surface area contributed by atoms with Crippen molar-refractivity contribution < 1.29 is 24.2 Å². The van der Waals surface area contributed by atoms with Gasteiger partial charge in [-0.25, -0.2) is 4.79 Å². The minimum absolute atomic E-state index is 0.0266. The summed E-state index contributed by atoms with van der Waals surface area (Å²) in [6.45, 7) is 4.75. The number of piperidine rings is 1. The van der Waals surface area contributed by atoms with Crippen molar-refractivity contribution in [3.05, 3.63) is 29.8 Å². The number of benzene rings is 1. The smallest absolute Gasteiger partial charge is 0.328 e. The molecule has 1 N–H and O–H groups in total. The first-order valence-electron chi connectivity index (χ1n) is 9.07. The van der Waals surface area contributed by atoms with Gasteiger partial charge in [0.05, 0.1) is 13.7 Å². The van der Waals surface area contributed by atoms with E-state index >= 15 is 0 Å². The maximum absolute atomic E-state index is 13.2. The van der Waals surface area contributed by atoms with Gasteiger partial charge in [0.2, 0.25) is 0 Å². The molecule has 2 aliphatic rings. The molecule has 142 valence electrons. The van der Waals surface area contributed by atoms with Gasteiger partial charge in [0.25, 0.3) is 5.91 Å². The van der Waals surface area contributed by atoms with E-state index in [1.54, 1.807) is 24.3 Å². The van der Waals surface area contributed by atoms with Gasteiger partial charge in [-0.3, -0.25) is 9.69 Å². The van der Waals surface area contributed by atoms with Crippen LogP contribution in [0.3, 0.4) is 0 Å². The van der Waals surface area contributed by atoms with Crippen molar-refractivity contribution >= 4 is 11.9 Å². The molecule has 1 aromatic carbocycles. The predicted molar refractivity (Wildman–Crippen MR) is 95.2 cm³/mol. The summed E-state index contributed by atoms with van der Waals surface area (Å²) in [4.78, 5) is 28.8. The SMILES string of the molecule is CCCN1CCC2(CC1)OC[C@H](C(=O)O)N2C(=O)c1cccc(OC)c1. The van der Waals surface area contributed by atoms with Crippen LogP contribution in [0.4, 0.5) is 0 Å². The van der Waals surface area contributed by atoms with Gasteiger partial charge < -0.3 is 19.5 Å². The van der Waals surface area contributed by atoms with E-state index in [9.17, 15) is 14.7 Å². The lowest BCUT2D eigenvalue weighted by Gasteiger charge is -2.44. The number of carbonyl (C=O) groups is 2. The van der Waals surface area contributed by atoms with E-state index in [2.05, 4.69) is 11.8 Å². The first kappa shape index (κ1) is 18.7. The van der Waals surface area contributed by atoms with Gasteiger partial charge >= 0.3 is 5.97 Å². The van der Waals surface area contributed by atoms with Crippen LogP contribution in [0.1, 0.15) is 36.5 Å². The lowest BCUT2D eigenvalue weighted by molar-refractivity contribution is -0.143. The Hall–Kier alpha value is -2.12. The summed E-state index contributed by atoms with van der Waals surface area (Å²) >= 11 is 0. The maximum Gasteiger partial charge on any atom is 0.328 e. The summed E-state index contributed by atoms with van der Waals surface area (Å²) in [5.74, 6) is -0.790. The topological polar surface area (TPSA) is 79.3 Å². The third-order valence-corrected chi connectivity index (χ3v) is 5.26. The molecule has 0 aliphatic carbocycles. The van der Waals surface area contributed by atoms with E-state index in [-0.39, 0.29) is 12.5 Å². The van der Waals surface area contributed by atoms with Crippen molar-refractivity contribution in [1.82, 2.24) is 9.80 Å². The van der Waals surface area contributed by atoms with Crippen LogP contribution in [0.25, 0.3) is 0 Å². The Morgan fingerprint density at radius 2 is 2.08 bits per heavy atom. The van der Waals surface area contributed by atoms with Gasteiger partial charge in [-0.2, -0.15) is 0 Å². The van der Waals surface area contributed by atoms with Gasteiger partial charge in [0.15, 0.2) is 6.04 Å². The Morgan fingerprint density at radius 3 is 2.69 bits per heavy atom. The number of nitrogens with zero attached hydrogens (tertiary/aromatic N) is 2. The number of carboxylic acids is 1. The molecule has 0 saturated carbocycles. The van der Waals surface area contributed by atoms with Crippen molar-refractivity contribution in [2.45, 2.75) is 38.0 Å². The molecule has 1 atom stereocenters. The van der Waals surface area contributed by atoms with Crippen LogP contribution in [0.2, 0.25) is 0 Å². The summed E-state index contributed by atoms with van der Waals surface area (Å²) in [6.07, 6.45) is 2.30. The second-order valence-corrected chi connectivity index (χ2v) is 6.86. The molecule has 0 radical (unpaired) electrons. The van der Waals surface area contributed by atoms with E-state index < -0.39 is 17.7 Å². The first-order chi connectivity index (χ1) is 12.5. The molecule has 2 saturated heterocycles. The standard InChI is InChI=1S/C19H26N2O5/c1-3-9-20-10-7-19(8-11-20)21(16(13-26-19)18(23)24)17(22)14-5-4-6-15(12-14)25-2/h4-6,12,16H,3,7-11,13H2,1-2H3,(H,23,24)/t16-/m1/s1. The van der Waals surface area contributed by atoms with Gasteiger partial charge in [-0.05, 0) is 31.2 Å². The Labute approximate surface area is 153 Å². The Balaban J connectivity index is 1.88. The quantitative estimate of drug-likeness (QED) is 0.861. The first-order valence-corrected chi connectivity index (χ1v) is 9.07. The highest BCUT2D eigenvalue weighted by molar-refractivity contribution is 5.97. The zero-order chi connectivity index (χ0) is 18.7. The molecule has 1 spiro atoms. The molecule has 0 unspecified atom stereocenters. The van der Waals surface area contributed by atoms with Crippen LogP contribution in [0.5, 0.6) is 5.75 Å². The maximum atomic E-state index is 13.2. The number of hydrogen-bond donors (Lipinski definition) is 1. The van der Waals surface area contributed by atoms with E-state index in [1.165, 1.54) is 12.0 Å². The minimum atomic E-state index is -1.03. The minimum Gasteiger partial charge on any atom is -0.497 e. The van der Waals surface area contributed by atoms with Crippen molar-refractivity contribution in [1.29, 1.82) is 0 Å². The Morgan fingerprint density at radius 1 is 1.35 bits per heavy atom. The zero-order valence-electron chi connectivity index (χ0n) is 15.3.